The first-order valence-electron chi connectivity index (χ1n) is 6.63. The molecule has 0 radical (unpaired) electrons. The van der Waals surface area contributed by atoms with Gasteiger partial charge in [0.15, 0.2) is 0 Å². The maximum atomic E-state index is 12.3. The molecule has 4 heteroatoms. The van der Waals surface area contributed by atoms with Gasteiger partial charge in [-0.2, -0.15) is 12.6 Å². The summed E-state index contributed by atoms with van der Waals surface area (Å²) < 4.78 is 0. The molecule has 1 saturated carbocycles. The van der Waals surface area contributed by atoms with Crippen molar-refractivity contribution < 1.29 is 9.90 Å². The largest absolute Gasteiger partial charge is 0.395 e. The number of amides is 1. The molecule has 0 heterocycles. The lowest BCUT2D eigenvalue weighted by Gasteiger charge is -2.31. The van der Waals surface area contributed by atoms with Crippen LogP contribution in [0.2, 0.25) is 0 Å². The Morgan fingerprint density at radius 1 is 1.41 bits per heavy atom. The molecule has 1 N–H and O–H groups in total. The highest BCUT2D eigenvalue weighted by atomic mass is 32.1. The third-order valence-corrected chi connectivity index (χ3v) is 4.53. The Bertz CT molecular complexity index is 250. The average molecular weight is 259 g/mol. The SMILES string of the molecule is CCC(CC)N(CCO)C(=O)CC1(CS)CC1. The van der Waals surface area contributed by atoms with Crippen molar-refractivity contribution in [3.05, 3.63) is 0 Å². The summed E-state index contributed by atoms with van der Waals surface area (Å²) in [6.07, 6.45) is 4.76. The molecule has 3 nitrogen and oxygen atoms in total. The Hall–Kier alpha value is -0.220. The van der Waals surface area contributed by atoms with Crippen LogP contribution < -0.4 is 0 Å². The number of thiol groups is 1. The summed E-state index contributed by atoms with van der Waals surface area (Å²) in [4.78, 5) is 14.2. The van der Waals surface area contributed by atoms with Gasteiger partial charge in [-0.1, -0.05) is 13.8 Å². The zero-order chi connectivity index (χ0) is 12.9. The molecule has 1 fully saturated rings. The first kappa shape index (κ1) is 14.8. The van der Waals surface area contributed by atoms with Crippen molar-refractivity contribution in [3.8, 4) is 0 Å². The maximum Gasteiger partial charge on any atom is 0.223 e. The van der Waals surface area contributed by atoms with Crippen LogP contribution in [0.25, 0.3) is 0 Å². The predicted octanol–water partition coefficient (Wildman–Crippen LogP) is 2.10. The van der Waals surface area contributed by atoms with Crippen molar-refractivity contribution >= 4 is 18.5 Å². The maximum absolute atomic E-state index is 12.3. The molecular weight excluding hydrogens is 234 g/mol. The second kappa shape index (κ2) is 6.64. The highest BCUT2D eigenvalue weighted by molar-refractivity contribution is 7.80. The van der Waals surface area contributed by atoms with E-state index in [-0.39, 0.29) is 24.0 Å². The van der Waals surface area contributed by atoms with Crippen molar-refractivity contribution in [1.82, 2.24) is 4.90 Å². The van der Waals surface area contributed by atoms with Crippen LogP contribution in [0.5, 0.6) is 0 Å². The van der Waals surface area contributed by atoms with Crippen molar-refractivity contribution in [1.29, 1.82) is 0 Å². The minimum absolute atomic E-state index is 0.0517. The quantitative estimate of drug-likeness (QED) is 0.655. The molecule has 0 bridgehead atoms. The predicted molar refractivity (Wildman–Crippen MR) is 73.3 cm³/mol. The molecular formula is C13H25NO2S. The van der Waals surface area contributed by atoms with Crippen LogP contribution in [0.3, 0.4) is 0 Å². The Balaban J connectivity index is 2.59. The minimum atomic E-state index is 0.0517. The summed E-state index contributed by atoms with van der Waals surface area (Å²) in [6, 6.07) is 0.269. The van der Waals surface area contributed by atoms with Crippen molar-refractivity contribution in [3.63, 3.8) is 0 Å². The van der Waals surface area contributed by atoms with Gasteiger partial charge in [-0.25, -0.2) is 0 Å². The molecule has 100 valence electrons. The third kappa shape index (κ3) is 3.88. The number of hydrogen-bond donors (Lipinski definition) is 2. The number of aliphatic hydroxyl groups excluding tert-OH is 1. The van der Waals surface area contributed by atoms with Crippen molar-refractivity contribution in [2.45, 2.75) is 52.0 Å². The Morgan fingerprint density at radius 3 is 2.35 bits per heavy atom. The van der Waals surface area contributed by atoms with E-state index >= 15 is 0 Å². The van der Waals surface area contributed by atoms with Crippen molar-refractivity contribution in [2.75, 3.05) is 18.9 Å². The number of hydrogen-bond acceptors (Lipinski definition) is 3. The van der Waals surface area contributed by atoms with E-state index in [4.69, 9.17) is 5.11 Å². The summed E-state index contributed by atoms with van der Waals surface area (Å²) in [5.74, 6) is 0.994. The molecule has 1 aliphatic carbocycles. The van der Waals surface area contributed by atoms with E-state index in [2.05, 4.69) is 26.5 Å². The number of carbonyl (C=O) groups is 1. The van der Waals surface area contributed by atoms with E-state index in [0.717, 1.165) is 31.4 Å². The number of carbonyl (C=O) groups excluding carboxylic acids is 1. The minimum Gasteiger partial charge on any atom is -0.395 e. The van der Waals surface area contributed by atoms with Crippen LogP contribution in [-0.4, -0.2) is 40.9 Å². The topological polar surface area (TPSA) is 40.5 Å². The van der Waals surface area contributed by atoms with Gasteiger partial charge in [-0.3, -0.25) is 4.79 Å². The van der Waals surface area contributed by atoms with E-state index in [9.17, 15) is 4.79 Å². The lowest BCUT2D eigenvalue weighted by Crippen LogP contribution is -2.42. The first-order valence-corrected chi connectivity index (χ1v) is 7.27. The molecule has 0 atom stereocenters. The lowest BCUT2D eigenvalue weighted by atomic mass is 10.0. The zero-order valence-corrected chi connectivity index (χ0v) is 11.9. The van der Waals surface area contributed by atoms with Gasteiger partial charge in [0.25, 0.3) is 0 Å². The normalized spacial score (nSPS) is 17.2. The van der Waals surface area contributed by atoms with Gasteiger partial charge in [-0.15, -0.1) is 0 Å². The average Bonchev–Trinajstić information content (AvgIpc) is 3.10. The zero-order valence-electron chi connectivity index (χ0n) is 11.0. The molecule has 1 amide bonds. The van der Waals surface area contributed by atoms with Gasteiger partial charge in [-0.05, 0) is 36.9 Å². The number of rotatable bonds is 8. The van der Waals surface area contributed by atoms with Crippen LogP contribution in [0, 0.1) is 5.41 Å². The Labute approximate surface area is 110 Å². The summed E-state index contributed by atoms with van der Waals surface area (Å²) in [6.45, 7) is 4.71. The Morgan fingerprint density at radius 2 is 2.00 bits per heavy atom. The standard InChI is InChI=1S/C13H25NO2S/c1-3-11(4-2)14(7-8-15)12(16)9-13(10-17)5-6-13/h11,15,17H,3-10H2,1-2H3. The number of aliphatic hydroxyl groups is 1. The highest BCUT2D eigenvalue weighted by Gasteiger charge is 2.44. The van der Waals surface area contributed by atoms with Gasteiger partial charge in [0, 0.05) is 19.0 Å². The molecule has 0 aliphatic heterocycles. The monoisotopic (exact) mass is 259 g/mol. The van der Waals surface area contributed by atoms with E-state index in [1.165, 1.54) is 0 Å². The highest BCUT2D eigenvalue weighted by Crippen LogP contribution is 2.49. The van der Waals surface area contributed by atoms with E-state index in [0.29, 0.717) is 13.0 Å². The summed E-state index contributed by atoms with van der Waals surface area (Å²) in [7, 11) is 0. The molecule has 1 rings (SSSR count). The molecule has 17 heavy (non-hydrogen) atoms. The molecule has 0 aromatic carbocycles. The van der Waals surface area contributed by atoms with Crippen LogP contribution in [0.1, 0.15) is 46.0 Å². The lowest BCUT2D eigenvalue weighted by molar-refractivity contribution is -0.135. The van der Waals surface area contributed by atoms with Gasteiger partial charge < -0.3 is 10.0 Å². The van der Waals surface area contributed by atoms with Crippen LogP contribution in [0.4, 0.5) is 0 Å². The molecule has 0 aromatic rings. The first-order chi connectivity index (χ1) is 8.12. The fraction of sp³-hybridized carbons (Fsp3) is 0.923. The van der Waals surface area contributed by atoms with Gasteiger partial charge in [0.1, 0.15) is 0 Å². The smallest absolute Gasteiger partial charge is 0.223 e. The molecule has 1 aliphatic rings. The number of nitrogens with zero attached hydrogens (tertiary/aromatic N) is 1. The fourth-order valence-corrected chi connectivity index (χ4v) is 2.77. The van der Waals surface area contributed by atoms with Gasteiger partial charge in [0.05, 0.1) is 6.61 Å². The van der Waals surface area contributed by atoms with E-state index in [1.807, 2.05) is 4.90 Å². The Kier molecular flexibility index (Phi) is 5.80. The summed E-state index contributed by atoms with van der Waals surface area (Å²) in [5, 5.41) is 9.09. The molecule has 0 aromatic heterocycles. The van der Waals surface area contributed by atoms with Gasteiger partial charge in [0.2, 0.25) is 5.91 Å². The van der Waals surface area contributed by atoms with E-state index < -0.39 is 0 Å². The van der Waals surface area contributed by atoms with E-state index in [1.54, 1.807) is 0 Å². The summed E-state index contributed by atoms with van der Waals surface area (Å²) in [5.41, 5.74) is 0.167. The third-order valence-electron chi connectivity index (χ3n) is 3.86. The second-order valence-electron chi connectivity index (χ2n) is 5.12. The van der Waals surface area contributed by atoms with Crippen molar-refractivity contribution in [2.24, 2.45) is 5.41 Å². The van der Waals surface area contributed by atoms with Crippen LogP contribution in [-0.2, 0) is 4.79 Å². The summed E-state index contributed by atoms with van der Waals surface area (Å²) >= 11 is 4.34. The molecule has 0 spiro atoms. The van der Waals surface area contributed by atoms with Crippen LogP contribution >= 0.6 is 12.6 Å². The van der Waals surface area contributed by atoms with Gasteiger partial charge >= 0.3 is 0 Å². The second-order valence-corrected chi connectivity index (χ2v) is 5.43. The fourth-order valence-electron chi connectivity index (χ4n) is 2.34. The molecule has 0 unspecified atom stereocenters. The molecule has 0 saturated heterocycles. The van der Waals surface area contributed by atoms with Crippen LogP contribution in [0.15, 0.2) is 0 Å².